The zero-order valence-corrected chi connectivity index (χ0v) is 21.1. The van der Waals surface area contributed by atoms with Gasteiger partial charge in [0.2, 0.25) is 5.91 Å². The van der Waals surface area contributed by atoms with Crippen molar-refractivity contribution in [2.75, 3.05) is 32.8 Å². The number of nitriles is 1. The lowest BCUT2D eigenvalue weighted by Crippen LogP contribution is -2.44. The molecule has 0 aliphatic carbocycles. The van der Waals surface area contributed by atoms with Gasteiger partial charge in [0, 0.05) is 37.3 Å². The standard InChI is InChI=1S/C27H33N5O5/c1-17(2)37-24-6-5-21(14-22(24)15-28)26(35)31-25(29)20-4-3-18-7-10-32(11-8-19(18)13-20)16-23(34)27(36)30-9-12-33/h3-6,13-14,17,23,33-34H,7-12,16H2,1-2H3,(H,30,36)(H2,29,31,35). The average Bonchev–Trinajstić information content (AvgIpc) is 3.08. The van der Waals surface area contributed by atoms with Crippen LogP contribution in [0.25, 0.3) is 0 Å². The maximum atomic E-state index is 12.7. The topological polar surface area (TPSA) is 161 Å². The van der Waals surface area contributed by atoms with Crippen molar-refractivity contribution in [3.8, 4) is 11.8 Å². The number of β-amino-alcohol motifs (C(OH)–C–C–N with tert-alkyl or cyclic N) is 1. The molecule has 0 aromatic heterocycles. The number of carbonyl (C=O) groups is 2. The van der Waals surface area contributed by atoms with Gasteiger partial charge in [0.05, 0.1) is 18.3 Å². The summed E-state index contributed by atoms with van der Waals surface area (Å²) in [5, 5.41) is 30.9. The van der Waals surface area contributed by atoms with Gasteiger partial charge < -0.3 is 26.0 Å². The van der Waals surface area contributed by atoms with Crippen LogP contribution in [0.3, 0.4) is 0 Å². The minimum Gasteiger partial charge on any atom is -0.490 e. The molecule has 0 saturated heterocycles. The highest BCUT2D eigenvalue weighted by atomic mass is 16.5. The van der Waals surface area contributed by atoms with E-state index in [2.05, 4.69) is 10.3 Å². The molecule has 1 atom stereocenters. The number of aliphatic hydroxyl groups is 2. The SMILES string of the molecule is CC(C)Oc1ccc(C(=O)N=C(N)c2ccc3c(c2)CCN(CC(O)C(=O)NCCO)CC3)cc1C#N. The first-order chi connectivity index (χ1) is 17.7. The second-order valence-corrected chi connectivity index (χ2v) is 9.11. The number of hydrogen-bond donors (Lipinski definition) is 4. The van der Waals surface area contributed by atoms with E-state index in [-0.39, 0.29) is 42.8 Å². The van der Waals surface area contributed by atoms with Crippen molar-refractivity contribution in [3.05, 3.63) is 64.2 Å². The molecule has 0 radical (unpaired) electrons. The molecule has 0 fully saturated rings. The van der Waals surface area contributed by atoms with Gasteiger partial charge in [-0.3, -0.25) is 14.5 Å². The third-order valence-corrected chi connectivity index (χ3v) is 5.97. The number of nitrogens with two attached hydrogens (primary N) is 1. The van der Waals surface area contributed by atoms with Crippen LogP contribution in [0.4, 0.5) is 0 Å². The number of hydrogen-bond acceptors (Lipinski definition) is 7. The number of rotatable bonds is 9. The van der Waals surface area contributed by atoms with E-state index in [0.717, 1.165) is 17.5 Å². The first-order valence-electron chi connectivity index (χ1n) is 12.2. The van der Waals surface area contributed by atoms with E-state index in [0.29, 0.717) is 30.8 Å². The maximum Gasteiger partial charge on any atom is 0.278 e. The van der Waals surface area contributed by atoms with E-state index in [1.54, 1.807) is 12.1 Å². The van der Waals surface area contributed by atoms with Gasteiger partial charge in [-0.1, -0.05) is 12.1 Å². The predicted octanol–water partition coefficient (Wildman–Crippen LogP) is 0.761. The molecule has 1 aliphatic heterocycles. The van der Waals surface area contributed by atoms with E-state index in [4.69, 9.17) is 15.6 Å². The van der Waals surface area contributed by atoms with Gasteiger partial charge in [0.25, 0.3) is 5.91 Å². The smallest absolute Gasteiger partial charge is 0.278 e. The van der Waals surface area contributed by atoms with Crippen molar-refractivity contribution in [2.24, 2.45) is 10.7 Å². The Morgan fingerprint density at radius 2 is 1.86 bits per heavy atom. The zero-order valence-electron chi connectivity index (χ0n) is 21.1. The summed E-state index contributed by atoms with van der Waals surface area (Å²) in [5.74, 6) is -0.578. The van der Waals surface area contributed by atoms with E-state index < -0.39 is 17.9 Å². The summed E-state index contributed by atoms with van der Waals surface area (Å²) in [5.41, 5.74) is 9.47. The third kappa shape index (κ3) is 7.60. The fourth-order valence-corrected chi connectivity index (χ4v) is 4.08. The Kier molecular flexibility index (Phi) is 9.74. The van der Waals surface area contributed by atoms with Crippen LogP contribution in [-0.4, -0.2) is 77.8 Å². The first kappa shape index (κ1) is 27.8. The summed E-state index contributed by atoms with van der Waals surface area (Å²) in [7, 11) is 0. The largest absolute Gasteiger partial charge is 0.490 e. The summed E-state index contributed by atoms with van der Waals surface area (Å²) in [6, 6.07) is 12.3. The Labute approximate surface area is 216 Å². The minimum absolute atomic E-state index is 0.0749. The zero-order chi connectivity index (χ0) is 26.9. The number of benzene rings is 2. The minimum atomic E-state index is -1.18. The lowest BCUT2D eigenvalue weighted by Gasteiger charge is -2.22. The summed E-state index contributed by atoms with van der Waals surface area (Å²) in [4.78, 5) is 30.7. The van der Waals surface area contributed by atoms with Crippen molar-refractivity contribution in [1.29, 1.82) is 5.26 Å². The van der Waals surface area contributed by atoms with Gasteiger partial charge in [-0.25, -0.2) is 0 Å². The second kappa shape index (κ2) is 13.0. The van der Waals surface area contributed by atoms with Gasteiger partial charge in [0.1, 0.15) is 23.8 Å². The molecule has 37 heavy (non-hydrogen) atoms. The number of aliphatic imine (C=N–C) groups is 1. The Balaban J connectivity index is 1.69. The number of ether oxygens (including phenoxy) is 1. The Morgan fingerprint density at radius 1 is 1.16 bits per heavy atom. The van der Waals surface area contributed by atoms with Crippen molar-refractivity contribution in [2.45, 2.75) is 38.9 Å². The van der Waals surface area contributed by atoms with Crippen LogP contribution in [0.15, 0.2) is 41.4 Å². The normalized spacial score (nSPS) is 14.9. The van der Waals surface area contributed by atoms with Crippen molar-refractivity contribution < 1.29 is 24.5 Å². The number of carbonyl (C=O) groups excluding carboxylic acids is 2. The number of nitrogens with zero attached hydrogens (tertiary/aromatic N) is 3. The first-order valence-corrected chi connectivity index (χ1v) is 12.2. The van der Waals surface area contributed by atoms with Crippen LogP contribution in [0.5, 0.6) is 5.75 Å². The summed E-state index contributed by atoms with van der Waals surface area (Å²) < 4.78 is 5.60. The maximum absolute atomic E-state index is 12.7. The highest BCUT2D eigenvalue weighted by Gasteiger charge is 2.21. The lowest BCUT2D eigenvalue weighted by atomic mass is 9.99. The third-order valence-electron chi connectivity index (χ3n) is 5.97. The molecule has 2 aromatic carbocycles. The molecular weight excluding hydrogens is 474 g/mol. The highest BCUT2D eigenvalue weighted by molar-refractivity contribution is 6.09. The molecule has 10 heteroatoms. The highest BCUT2D eigenvalue weighted by Crippen LogP contribution is 2.22. The monoisotopic (exact) mass is 507 g/mol. The van der Waals surface area contributed by atoms with E-state index in [9.17, 15) is 20.0 Å². The lowest BCUT2D eigenvalue weighted by molar-refractivity contribution is -0.130. The predicted molar refractivity (Wildman–Crippen MR) is 138 cm³/mol. The van der Waals surface area contributed by atoms with Crippen LogP contribution in [-0.2, 0) is 17.6 Å². The number of nitrogens with one attached hydrogen (secondary N) is 1. The molecule has 5 N–H and O–H groups in total. The molecule has 3 rings (SSSR count). The van der Waals surface area contributed by atoms with Crippen molar-refractivity contribution in [3.63, 3.8) is 0 Å². The summed E-state index contributed by atoms with van der Waals surface area (Å²) in [6.45, 7) is 5.14. The van der Waals surface area contributed by atoms with Crippen molar-refractivity contribution >= 4 is 17.6 Å². The Morgan fingerprint density at radius 3 is 2.54 bits per heavy atom. The molecule has 1 unspecified atom stereocenters. The fourth-order valence-electron chi connectivity index (χ4n) is 4.08. The number of fused-ring (bicyclic) bond motifs is 1. The number of aliphatic hydroxyl groups excluding tert-OH is 2. The summed E-state index contributed by atoms with van der Waals surface area (Å²) in [6.07, 6.45) is 0.130. The number of amides is 2. The molecule has 10 nitrogen and oxygen atoms in total. The van der Waals surface area contributed by atoms with Gasteiger partial charge in [-0.05, 0) is 62.1 Å². The van der Waals surface area contributed by atoms with E-state index >= 15 is 0 Å². The molecule has 0 bridgehead atoms. The Hall–Kier alpha value is -3.78. The number of amidine groups is 1. The molecular formula is C27H33N5O5. The molecule has 0 saturated carbocycles. The van der Waals surface area contributed by atoms with Crippen LogP contribution >= 0.6 is 0 Å². The molecule has 2 aromatic rings. The summed E-state index contributed by atoms with van der Waals surface area (Å²) >= 11 is 0. The Bertz CT molecular complexity index is 1200. The van der Waals surface area contributed by atoms with Gasteiger partial charge >= 0.3 is 0 Å². The van der Waals surface area contributed by atoms with Crippen LogP contribution in [0, 0.1) is 11.3 Å². The van der Waals surface area contributed by atoms with Crippen LogP contribution < -0.4 is 15.8 Å². The van der Waals surface area contributed by atoms with Crippen LogP contribution in [0.1, 0.15) is 46.5 Å². The van der Waals surface area contributed by atoms with E-state index in [1.165, 1.54) is 6.07 Å². The van der Waals surface area contributed by atoms with Gasteiger partial charge in [-0.2, -0.15) is 10.3 Å². The quantitative estimate of drug-likeness (QED) is 0.286. The molecule has 2 amide bonds. The fraction of sp³-hybridized carbons (Fsp3) is 0.407. The molecule has 196 valence electrons. The van der Waals surface area contributed by atoms with Gasteiger partial charge in [-0.15, -0.1) is 0 Å². The molecule has 0 spiro atoms. The van der Waals surface area contributed by atoms with Crippen LogP contribution in [0.2, 0.25) is 0 Å². The average molecular weight is 508 g/mol. The van der Waals surface area contributed by atoms with Gasteiger partial charge in [0.15, 0.2) is 0 Å². The van der Waals surface area contributed by atoms with E-state index in [1.807, 2.05) is 43.0 Å². The molecule has 1 heterocycles. The second-order valence-electron chi connectivity index (χ2n) is 9.11. The van der Waals surface area contributed by atoms with Crippen molar-refractivity contribution in [1.82, 2.24) is 10.2 Å². The molecule has 1 aliphatic rings.